The van der Waals surface area contributed by atoms with Gasteiger partial charge in [0.25, 0.3) is 0 Å². The number of nitrogens with zero attached hydrogens (tertiary/aromatic N) is 1. The second-order valence-electron chi connectivity index (χ2n) is 5.54. The summed E-state index contributed by atoms with van der Waals surface area (Å²) in [4.78, 5) is 23.3. The van der Waals surface area contributed by atoms with Crippen molar-refractivity contribution in [3.63, 3.8) is 0 Å². The summed E-state index contributed by atoms with van der Waals surface area (Å²) in [6.07, 6.45) is 0.703. The molecule has 4 nitrogen and oxygen atoms in total. The molecular weight excluding hydrogens is 288 g/mol. The summed E-state index contributed by atoms with van der Waals surface area (Å²) in [7, 11) is 0. The number of nitrogens with one attached hydrogen (secondary N) is 1. The number of carbonyl (C=O) groups excluding carboxylic acids is 2. The maximum atomic E-state index is 12.7. The zero-order chi connectivity index (χ0) is 16.5. The molecule has 1 atom stereocenters. The highest BCUT2D eigenvalue weighted by Gasteiger charge is 2.31. The van der Waals surface area contributed by atoms with Crippen molar-refractivity contribution >= 4 is 17.9 Å². The number of rotatable bonds is 9. The van der Waals surface area contributed by atoms with E-state index in [0.29, 0.717) is 30.5 Å². The van der Waals surface area contributed by atoms with Gasteiger partial charge < -0.3 is 5.32 Å². The molecule has 0 aliphatic heterocycles. The number of likely N-dealkylation sites (N-methyl/N-ethyl adjacent to an activating group) is 1. The fourth-order valence-corrected chi connectivity index (χ4v) is 2.82. The summed E-state index contributed by atoms with van der Waals surface area (Å²) >= 11 is 0. The van der Waals surface area contributed by atoms with Crippen molar-refractivity contribution in [3.05, 3.63) is 66.2 Å². The molecule has 0 aliphatic carbocycles. The molecule has 1 N–H and O–H groups in total. The van der Waals surface area contributed by atoms with Gasteiger partial charge in [0.15, 0.2) is 0 Å². The monoisotopic (exact) mass is 311 g/mol. The first-order valence-electron chi connectivity index (χ1n) is 7.89. The number of benzene rings is 2. The molecule has 0 spiro atoms. The Morgan fingerprint density at radius 2 is 1.65 bits per heavy atom. The van der Waals surface area contributed by atoms with E-state index in [4.69, 9.17) is 0 Å². The predicted octanol–water partition coefficient (Wildman–Crippen LogP) is 2.64. The van der Waals surface area contributed by atoms with Crippen molar-refractivity contribution in [1.82, 2.24) is 9.80 Å². The Morgan fingerprint density at radius 1 is 1.04 bits per heavy atom. The fourth-order valence-electron chi connectivity index (χ4n) is 2.82. The molecular formula is C19H23N2O2+. The maximum Gasteiger partial charge on any atom is 0.217 e. The molecule has 4 heteroatoms. The Balaban J connectivity index is 2.28. The summed E-state index contributed by atoms with van der Waals surface area (Å²) in [6.45, 7) is 4.45. The van der Waals surface area contributed by atoms with Crippen LogP contribution < -0.4 is 9.80 Å². The second-order valence-corrected chi connectivity index (χ2v) is 5.54. The van der Waals surface area contributed by atoms with E-state index < -0.39 is 0 Å². The third-order valence-corrected chi connectivity index (χ3v) is 4.22. The van der Waals surface area contributed by atoms with Crippen LogP contribution in [0.3, 0.4) is 0 Å². The highest BCUT2D eigenvalue weighted by atomic mass is 16.1. The zero-order valence-electron chi connectivity index (χ0n) is 13.4. The summed E-state index contributed by atoms with van der Waals surface area (Å²) in [5.41, 5.74) is 1.81. The van der Waals surface area contributed by atoms with E-state index in [1.807, 2.05) is 60.7 Å². The third-order valence-electron chi connectivity index (χ3n) is 4.22. The van der Waals surface area contributed by atoms with Crippen LogP contribution in [0.25, 0.3) is 0 Å². The summed E-state index contributed by atoms with van der Waals surface area (Å²) in [5.74, 6) is 0.113. The van der Waals surface area contributed by atoms with Gasteiger partial charge in [-0.05, 0) is 19.1 Å². The zero-order valence-corrected chi connectivity index (χ0v) is 13.4. The summed E-state index contributed by atoms with van der Waals surface area (Å²) in [5, 5.41) is 2.71. The molecule has 1 unspecified atom stereocenters. The summed E-state index contributed by atoms with van der Waals surface area (Å²) in [6, 6.07) is 19.4. The van der Waals surface area contributed by atoms with Gasteiger partial charge in [-0.25, -0.2) is 0 Å². The van der Waals surface area contributed by atoms with Gasteiger partial charge in [0, 0.05) is 5.56 Å². The molecule has 0 saturated carbocycles. The van der Waals surface area contributed by atoms with Gasteiger partial charge in [0.2, 0.25) is 12.2 Å². The van der Waals surface area contributed by atoms with Gasteiger partial charge in [-0.1, -0.05) is 48.5 Å². The van der Waals surface area contributed by atoms with E-state index in [9.17, 15) is 9.59 Å². The van der Waals surface area contributed by atoms with E-state index in [1.54, 1.807) is 0 Å². The summed E-state index contributed by atoms with van der Waals surface area (Å²) < 4.78 is 0.523. The van der Waals surface area contributed by atoms with Gasteiger partial charge in [-0.2, -0.15) is 0 Å². The maximum absolute atomic E-state index is 12.7. The Bertz CT molecular complexity index is 628. The minimum atomic E-state index is 0.113. The Labute approximate surface area is 137 Å². The van der Waals surface area contributed by atoms with Crippen LogP contribution in [-0.4, -0.2) is 38.4 Å². The van der Waals surface area contributed by atoms with Crippen LogP contribution in [0.15, 0.2) is 60.7 Å². The number of hydrogen-bond donors (Lipinski definition) is 1. The lowest BCUT2D eigenvalue weighted by Crippen LogP contribution is -2.55. The molecule has 23 heavy (non-hydrogen) atoms. The lowest BCUT2D eigenvalue weighted by atomic mass is 10.1. The Morgan fingerprint density at radius 3 is 2.22 bits per heavy atom. The van der Waals surface area contributed by atoms with E-state index in [2.05, 4.69) is 12.2 Å². The molecule has 2 rings (SSSR count). The minimum Gasteiger partial charge on any atom is -0.353 e. The predicted molar refractivity (Wildman–Crippen MR) is 93.4 cm³/mol. The molecule has 2 aromatic rings. The fraction of sp³-hybridized carbons (Fsp3) is 0.263. The van der Waals surface area contributed by atoms with Gasteiger partial charge in [0.1, 0.15) is 18.8 Å². The van der Waals surface area contributed by atoms with E-state index in [0.717, 1.165) is 17.8 Å². The van der Waals surface area contributed by atoms with E-state index in [-0.39, 0.29) is 5.78 Å². The normalized spacial score (nSPS) is 13.1. The highest BCUT2D eigenvalue weighted by molar-refractivity contribution is 5.98. The molecule has 0 heterocycles. The molecule has 0 fully saturated rings. The Hall–Kier alpha value is -2.46. The highest BCUT2D eigenvalue weighted by Crippen LogP contribution is 2.23. The van der Waals surface area contributed by atoms with Crippen LogP contribution in [0.5, 0.6) is 0 Å². The van der Waals surface area contributed by atoms with Crippen molar-refractivity contribution in [1.29, 1.82) is 0 Å². The number of hydrogen-bond acceptors (Lipinski definition) is 2. The average molecular weight is 311 g/mol. The average Bonchev–Trinajstić information content (AvgIpc) is 2.62. The van der Waals surface area contributed by atoms with Crippen LogP contribution in [0.2, 0.25) is 0 Å². The molecule has 1 amide bonds. The van der Waals surface area contributed by atoms with Gasteiger partial charge in [0.05, 0.1) is 13.1 Å². The lowest BCUT2D eigenvalue weighted by molar-refractivity contribution is -0.109. The second kappa shape index (κ2) is 8.25. The number of para-hydroxylation sites is 1. The van der Waals surface area contributed by atoms with Gasteiger partial charge in [-0.3, -0.25) is 14.1 Å². The molecule has 0 saturated heterocycles. The third kappa shape index (κ3) is 4.27. The van der Waals surface area contributed by atoms with Crippen LogP contribution >= 0.6 is 0 Å². The molecule has 0 aliphatic rings. The standard InChI is InChI=1S/C19H22N2O2/c1-2-21(14-13-20-16-22,18-11-7-4-8-12-18)15-19(23)17-9-5-3-6-10-17/h3-12,16H,2,13-15H2,1H3/p+1. The van der Waals surface area contributed by atoms with Crippen molar-refractivity contribution < 1.29 is 9.59 Å². The molecule has 2 aromatic carbocycles. The van der Waals surface area contributed by atoms with Crippen LogP contribution in [0.1, 0.15) is 17.3 Å². The molecule has 0 bridgehead atoms. The topological polar surface area (TPSA) is 46.2 Å². The quantitative estimate of drug-likeness (QED) is 0.335. The van der Waals surface area contributed by atoms with E-state index in [1.165, 1.54) is 0 Å². The molecule has 0 radical (unpaired) electrons. The van der Waals surface area contributed by atoms with Crippen LogP contribution in [0, 0.1) is 0 Å². The van der Waals surface area contributed by atoms with Crippen molar-refractivity contribution in [2.75, 3.05) is 26.2 Å². The molecule has 120 valence electrons. The van der Waals surface area contributed by atoms with Gasteiger partial charge >= 0.3 is 0 Å². The smallest absolute Gasteiger partial charge is 0.217 e. The first-order valence-corrected chi connectivity index (χ1v) is 7.89. The first kappa shape index (κ1) is 16.9. The minimum absolute atomic E-state index is 0.113. The number of quaternary nitrogens is 1. The van der Waals surface area contributed by atoms with Crippen LogP contribution in [-0.2, 0) is 4.79 Å². The number of ketones is 1. The van der Waals surface area contributed by atoms with E-state index >= 15 is 0 Å². The van der Waals surface area contributed by atoms with Crippen LogP contribution in [0.4, 0.5) is 5.69 Å². The van der Waals surface area contributed by atoms with Crippen molar-refractivity contribution in [2.24, 2.45) is 0 Å². The Kier molecular flexibility index (Phi) is 6.06. The van der Waals surface area contributed by atoms with Gasteiger partial charge in [-0.15, -0.1) is 0 Å². The largest absolute Gasteiger partial charge is 0.353 e. The SMILES string of the molecule is CC[N+](CCNC=O)(CC(=O)c1ccccc1)c1ccccc1. The lowest BCUT2D eigenvalue weighted by Gasteiger charge is -2.36. The first-order chi connectivity index (χ1) is 11.2. The number of Topliss-reactive ketones (excluding diaryl/α,β-unsaturated/α-hetero) is 1. The van der Waals surface area contributed by atoms with Crippen molar-refractivity contribution in [3.8, 4) is 0 Å². The number of carbonyl (C=O) groups is 2. The van der Waals surface area contributed by atoms with Crippen molar-refractivity contribution in [2.45, 2.75) is 6.92 Å². The molecule has 0 aromatic heterocycles. The number of amides is 1.